The molecule has 0 saturated carbocycles. The van der Waals surface area contributed by atoms with Gasteiger partial charge in [0.2, 0.25) is 11.8 Å². The molecule has 2 N–H and O–H groups in total. The van der Waals surface area contributed by atoms with E-state index in [1.54, 1.807) is 0 Å². The van der Waals surface area contributed by atoms with E-state index in [1.807, 2.05) is 54.6 Å². The van der Waals surface area contributed by atoms with Crippen LogP contribution in [0.3, 0.4) is 0 Å². The van der Waals surface area contributed by atoms with Crippen molar-refractivity contribution < 1.29 is 22.8 Å². The molecule has 0 aromatic heterocycles. The minimum Gasteiger partial charge on any atom is -0.326 e. The van der Waals surface area contributed by atoms with E-state index in [0.717, 1.165) is 28.8 Å². The summed E-state index contributed by atoms with van der Waals surface area (Å²) < 4.78 is 38.8. The number of amides is 2. The Bertz CT molecular complexity index is 1190. The maximum Gasteiger partial charge on any atom is 0.417 e. The van der Waals surface area contributed by atoms with E-state index >= 15 is 0 Å². The highest BCUT2D eigenvalue weighted by Gasteiger charge is 2.33. The number of rotatable bonds is 7. The van der Waals surface area contributed by atoms with Gasteiger partial charge in [-0.2, -0.15) is 18.3 Å². The van der Waals surface area contributed by atoms with Gasteiger partial charge in [0, 0.05) is 11.4 Å². The van der Waals surface area contributed by atoms with Crippen LogP contribution >= 0.6 is 11.6 Å². The summed E-state index contributed by atoms with van der Waals surface area (Å²) in [6.07, 6.45) is -4.75. The second kappa shape index (κ2) is 11.0. The maximum atomic E-state index is 12.9. The van der Waals surface area contributed by atoms with Crippen molar-refractivity contribution in [2.45, 2.75) is 25.9 Å². The van der Waals surface area contributed by atoms with Crippen LogP contribution in [-0.2, 0) is 22.2 Å². The summed E-state index contributed by atoms with van der Waals surface area (Å²) in [4.78, 5) is 24.3. The van der Waals surface area contributed by atoms with Crippen LogP contribution in [0.25, 0.3) is 11.1 Å². The van der Waals surface area contributed by atoms with Crippen LogP contribution in [0.15, 0.2) is 77.9 Å². The number of anilines is 1. The summed E-state index contributed by atoms with van der Waals surface area (Å²) in [6.45, 7) is 1.53. The molecule has 34 heavy (non-hydrogen) atoms. The average Bonchev–Trinajstić information content (AvgIpc) is 2.79. The fraction of sp³-hybridized carbons (Fsp3) is 0.160. The molecule has 0 radical (unpaired) electrons. The van der Waals surface area contributed by atoms with Crippen molar-refractivity contribution in [1.82, 2.24) is 5.43 Å². The largest absolute Gasteiger partial charge is 0.417 e. The second-order valence-corrected chi connectivity index (χ2v) is 7.95. The molecule has 0 heterocycles. The molecular formula is C25H21ClF3N3O2. The van der Waals surface area contributed by atoms with E-state index < -0.39 is 22.7 Å². The lowest BCUT2D eigenvalue weighted by Gasteiger charge is -2.11. The van der Waals surface area contributed by atoms with Gasteiger partial charge in [0.1, 0.15) is 0 Å². The lowest BCUT2D eigenvalue weighted by Crippen LogP contribution is -2.23. The minimum atomic E-state index is -4.64. The highest BCUT2D eigenvalue weighted by Crippen LogP contribution is 2.36. The number of nitrogens with one attached hydrogen (secondary N) is 2. The zero-order valence-electron chi connectivity index (χ0n) is 18.1. The number of hydrogen-bond acceptors (Lipinski definition) is 3. The number of halogens is 4. The molecule has 0 aliphatic heterocycles. The number of benzene rings is 3. The van der Waals surface area contributed by atoms with Crippen molar-refractivity contribution in [2.75, 3.05) is 5.32 Å². The Morgan fingerprint density at radius 3 is 2.21 bits per heavy atom. The molecule has 0 fully saturated rings. The summed E-state index contributed by atoms with van der Waals surface area (Å²) in [5, 5.41) is 5.80. The Labute approximate surface area is 199 Å². The Kier molecular flexibility index (Phi) is 8.07. The Hall–Kier alpha value is -3.65. The molecule has 0 atom stereocenters. The molecule has 0 unspecified atom stereocenters. The molecule has 3 aromatic rings. The van der Waals surface area contributed by atoms with Crippen molar-refractivity contribution in [3.05, 3.63) is 88.9 Å². The van der Waals surface area contributed by atoms with Crippen molar-refractivity contribution in [3.63, 3.8) is 0 Å². The number of nitrogens with zero attached hydrogens (tertiary/aromatic N) is 1. The van der Waals surface area contributed by atoms with E-state index in [1.165, 1.54) is 13.0 Å². The van der Waals surface area contributed by atoms with E-state index in [0.29, 0.717) is 0 Å². The van der Waals surface area contributed by atoms with Crippen molar-refractivity contribution in [3.8, 4) is 11.1 Å². The second-order valence-electron chi connectivity index (χ2n) is 7.54. The lowest BCUT2D eigenvalue weighted by atomic mass is 10.0. The maximum absolute atomic E-state index is 12.9. The van der Waals surface area contributed by atoms with Crippen LogP contribution in [-0.4, -0.2) is 17.5 Å². The SMILES string of the molecule is CC(CC(=O)Nc1ccc(Cl)c(C(F)(F)F)c1)=NNC(=O)Cc1ccc(-c2ccccc2)cc1. The molecule has 176 valence electrons. The summed E-state index contributed by atoms with van der Waals surface area (Å²) in [7, 11) is 0. The van der Waals surface area contributed by atoms with Gasteiger partial charge in [0.05, 0.1) is 23.4 Å². The first-order chi connectivity index (χ1) is 16.1. The van der Waals surface area contributed by atoms with Gasteiger partial charge in [-0.15, -0.1) is 0 Å². The van der Waals surface area contributed by atoms with Gasteiger partial charge in [-0.1, -0.05) is 66.2 Å². The molecule has 0 spiro atoms. The standard InChI is InChI=1S/C25H21ClF3N3O2/c1-16(13-23(33)30-20-11-12-22(26)21(15-20)25(27,28)29)31-32-24(34)14-17-7-9-19(10-8-17)18-5-3-2-4-6-18/h2-12,15H,13-14H2,1H3,(H,30,33)(H,32,34). The lowest BCUT2D eigenvalue weighted by molar-refractivity contribution is -0.137. The summed E-state index contributed by atoms with van der Waals surface area (Å²) >= 11 is 5.57. The molecule has 0 bridgehead atoms. The zero-order valence-corrected chi connectivity index (χ0v) is 18.9. The molecule has 2 amide bonds. The molecule has 3 aromatic carbocycles. The third-order valence-electron chi connectivity index (χ3n) is 4.77. The van der Waals surface area contributed by atoms with Crippen molar-refractivity contribution >= 4 is 34.8 Å². The summed E-state index contributed by atoms with van der Waals surface area (Å²) in [5.74, 6) is -0.942. The van der Waals surface area contributed by atoms with Gasteiger partial charge in [0.15, 0.2) is 0 Å². The van der Waals surface area contributed by atoms with E-state index in [9.17, 15) is 22.8 Å². The van der Waals surface area contributed by atoms with Gasteiger partial charge in [-0.25, -0.2) is 5.43 Å². The molecule has 3 rings (SSSR count). The number of carbonyl (C=O) groups excluding carboxylic acids is 2. The molecule has 5 nitrogen and oxygen atoms in total. The van der Waals surface area contributed by atoms with E-state index in [-0.39, 0.29) is 30.1 Å². The average molecular weight is 488 g/mol. The fourth-order valence-electron chi connectivity index (χ4n) is 3.13. The van der Waals surface area contributed by atoms with Gasteiger partial charge >= 0.3 is 6.18 Å². The Balaban J connectivity index is 1.51. The fourth-order valence-corrected chi connectivity index (χ4v) is 3.35. The van der Waals surface area contributed by atoms with Crippen LogP contribution < -0.4 is 10.7 Å². The summed E-state index contributed by atoms with van der Waals surface area (Å²) in [6, 6.07) is 20.5. The first kappa shape index (κ1) is 25.0. The predicted molar refractivity (Wildman–Crippen MR) is 127 cm³/mol. The monoisotopic (exact) mass is 487 g/mol. The highest BCUT2D eigenvalue weighted by atomic mass is 35.5. The minimum absolute atomic E-state index is 0.0440. The van der Waals surface area contributed by atoms with Gasteiger partial charge in [-0.3, -0.25) is 9.59 Å². The molecule has 0 saturated heterocycles. The number of hydrazone groups is 1. The van der Waals surface area contributed by atoms with E-state index in [2.05, 4.69) is 15.8 Å². The first-order valence-corrected chi connectivity index (χ1v) is 10.6. The zero-order chi connectivity index (χ0) is 24.7. The van der Waals surface area contributed by atoms with Crippen LogP contribution in [0, 0.1) is 0 Å². The Morgan fingerprint density at radius 1 is 0.912 bits per heavy atom. The van der Waals surface area contributed by atoms with Crippen LogP contribution in [0.1, 0.15) is 24.5 Å². The first-order valence-electron chi connectivity index (χ1n) is 10.2. The predicted octanol–water partition coefficient (Wildman–Crippen LogP) is 6.09. The normalized spacial score (nSPS) is 11.7. The van der Waals surface area contributed by atoms with E-state index in [4.69, 9.17) is 11.6 Å². The van der Waals surface area contributed by atoms with Crippen LogP contribution in [0.4, 0.5) is 18.9 Å². The smallest absolute Gasteiger partial charge is 0.326 e. The van der Waals surface area contributed by atoms with Crippen molar-refractivity contribution in [2.24, 2.45) is 5.10 Å². The third-order valence-corrected chi connectivity index (χ3v) is 5.10. The molecule has 9 heteroatoms. The quantitative estimate of drug-likeness (QED) is 0.313. The summed E-state index contributed by atoms with van der Waals surface area (Å²) in [5.41, 5.74) is 4.50. The topological polar surface area (TPSA) is 70.6 Å². The highest BCUT2D eigenvalue weighted by molar-refractivity contribution is 6.31. The number of hydrogen-bond donors (Lipinski definition) is 2. The van der Waals surface area contributed by atoms with Crippen molar-refractivity contribution in [1.29, 1.82) is 0 Å². The number of carbonyl (C=O) groups is 2. The Morgan fingerprint density at radius 2 is 1.56 bits per heavy atom. The van der Waals surface area contributed by atoms with Gasteiger partial charge < -0.3 is 5.32 Å². The number of alkyl halides is 3. The van der Waals surface area contributed by atoms with Crippen LogP contribution in [0.5, 0.6) is 0 Å². The third kappa shape index (κ3) is 7.18. The molecular weight excluding hydrogens is 467 g/mol. The van der Waals surface area contributed by atoms with Crippen LogP contribution in [0.2, 0.25) is 5.02 Å². The van der Waals surface area contributed by atoms with Gasteiger partial charge in [0.25, 0.3) is 0 Å². The molecule has 0 aliphatic rings. The molecule has 0 aliphatic carbocycles. The van der Waals surface area contributed by atoms with Gasteiger partial charge in [-0.05, 0) is 41.8 Å².